The minimum atomic E-state index is -0.0655. The van der Waals surface area contributed by atoms with Gasteiger partial charge in [0, 0.05) is 17.7 Å². The van der Waals surface area contributed by atoms with Gasteiger partial charge in [-0.25, -0.2) is 0 Å². The monoisotopic (exact) mass is 334 g/mol. The maximum Gasteiger partial charge on any atom is 0.251 e. The van der Waals surface area contributed by atoms with Gasteiger partial charge >= 0.3 is 0 Å². The van der Waals surface area contributed by atoms with Crippen molar-refractivity contribution < 1.29 is 9.53 Å². The van der Waals surface area contributed by atoms with Crippen LogP contribution in [0.5, 0.6) is 5.75 Å². The minimum absolute atomic E-state index is 0. The van der Waals surface area contributed by atoms with Gasteiger partial charge in [0.2, 0.25) is 0 Å². The smallest absolute Gasteiger partial charge is 0.251 e. The first kappa shape index (κ1) is 19.0. The molecule has 0 saturated heterocycles. The molecule has 0 radical (unpaired) electrons. The van der Waals surface area contributed by atoms with E-state index in [4.69, 9.17) is 10.5 Å². The zero-order valence-electron chi connectivity index (χ0n) is 13.0. The Bertz CT molecular complexity index is 591. The predicted octanol–water partition coefficient (Wildman–Crippen LogP) is 3.16. The highest BCUT2D eigenvalue weighted by molar-refractivity contribution is 5.95. The normalized spacial score (nSPS) is 9.78. The molecule has 0 spiro atoms. The summed E-state index contributed by atoms with van der Waals surface area (Å²) in [6.45, 7) is 1.66. The third kappa shape index (κ3) is 6.30. The topological polar surface area (TPSA) is 64.3 Å². The van der Waals surface area contributed by atoms with Crippen molar-refractivity contribution >= 4 is 18.3 Å². The molecule has 0 aromatic heterocycles. The van der Waals surface area contributed by atoms with Crippen molar-refractivity contribution in [2.45, 2.75) is 19.4 Å². The van der Waals surface area contributed by atoms with E-state index in [0.717, 1.165) is 24.2 Å². The van der Waals surface area contributed by atoms with Gasteiger partial charge in [0.1, 0.15) is 12.4 Å². The van der Waals surface area contributed by atoms with Gasteiger partial charge in [0.15, 0.2) is 0 Å². The Balaban J connectivity index is 0.00000264. The van der Waals surface area contributed by atoms with Crippen molar-refractivity contribution in [1.29, 1.82) is 0 Å². The Hall–Kier alpha value is -2.04. The highest BCUT2D eigenvalue weighted by atomic mass is 35.5. The summed E-state index contributed by atoms with van der Waals surface area (Å²) in [6, 6.07) is 17.1. The summed E-state index contributed by atoms with van der Waals surface area (Å²) < 4.78 is 5.73. The van der Waals surface area contributed by atoms with Crippen LogP contribution in [-0.4, -0.2) is 19.0 Å². The Kier molecular flexibility index (Phi) is 8.80. The molecule has 2 aromatic carbocycles. The molecule has 1 amide bonds. The van der Waals surface area contributed by atoms with Crippen LogP contribution >= 0.6 is 12.4 Å². The van der Waals surface area contributed by atoms with Crippen LogP contribution in [0, 0.1) is 0 Å². The van der Waals surface area contributed by atoms with Crippen LogP contribution in [0.2, 0.25) is 0 Å². The lowest BCUT2D eigenvalue weighted by Crippen LogP contribution is -2.26. The average molecular weight is 335 g/mol. The van der Waals surface area contributed by atoms with E-state index in [9.17, 15) is 4.79 Å². The number of benzene rings is 2. The fraction of sp³-hybridized carbons (Fsp3) is 0.278. The summed E-state index contributed by atoms with van der Waals surface area (Å²) in [5.41, 5.74) is 6.98. The van der Waals surface area contributed by atoms with Crippen molar-refractivity contribution in [1.82, 2.24) is 5.32 Å². The fourth-order valence-electron chi connectivity index (χ4n) is 2.11. The summed E-state index contributed by atoms with van der Waals surface area (Å²) in [5.74, 6) is 0.727. The molecular formula is C18H23ClN2O2. The number of nitrogens with two attached hydrogens (primary N) is 1. The lowest BCUT2D eigenvalue weighted by molar-refractivity contribution is 0.0950. The van der Waals surface area contributed by atoms with Gasteiger partial charge in [-0.05, 0) is 37.6 Å². The van der Waals surface area contributed by atoms with E-state index in [1.165, 1.54) is 0 Å². The van der Waals surface area contributed by atoms with Gasteiger partial charge < -0.3 is 15.8 Å². The third-order valence-corrected chi connectivity index (χ3v) is 3.32. The Morgan fingerprint density at radius 2 is 1.70 bits per heavy atom. The molecule has 0 saturated carbocycles. The molecule has 2 aromatic rings. The molecule has 0 aliphatic carbocycles. The first-order valence-electron chi connectivity index (χ1n) is 7.55. The standard InChI is InChI=1S/C18H22N2O2.ClH/c19-12-6-7-13-20-18(21)17-11-5-4-8-15(17)14-22-16-9-2-1-3-10-16;/h1-5,8-11H,6-7,12-14,19H2,(H,20,21);1H. The minimum Gasteiger partial charge on any atom is -0.489 e. The van der Waals surface area contributed by atoms with E-state index in [0.29, 0.717) is 25.3 Å². The van der Waals surface area contributed by atoms with Gasteiger partial charge in [-0.15, -0.1) is 12.4 Å². The van der Waals surface area contributed by atoms with E-state index >= 15 is 0 Å². The molecule has 0 unspecified atom stereocenters. The van der Waals surface area contributed by atoms with Crippen molar-refractivity contribution in [2.24, 2.45) is 5.73 Å². The molecule has 3 N–H and O–H groups in total. The quantitative estimate of drug-likeness (QED) is 0.729. The number of unbranched alkanes of at least 4 members (excludes halogenated alkanes) is 1. The second-order valence-electron chi connectivity index (χ2n) is 5.01. The van der Waals surface area contributed by atoms with E-state index < -0.39 is 0 Å². The molecule has 0 aliphatic rings. The Morgan fingerprint density at radius 3 is 2.43 bits per heavy atom. The number of rotatable bonds is 8. The number of para-hydroxylation sites is 1. The number of nitrogens with one attached hydrogen (secondary N) is 1. The molecule has 124 valence electrons. The molecule has 0 fully saturated rings. The number of halogens is 1. The van der Waals surface area contributed by atoms with Crippen molar-refractivity contribution in [3.8, 4) is 5.75 Å². The molecule has 2 rings (SSSR count). The van der Waals surface area contributed by atoms with Gasteiger partial charge in [-0.3, -0.25) is 4.79 Å². The summed E-state index contributed by atoms with van der Waals surface area (Å²) >= 11 is 0. The molecular weight excluding hydrogens is 312 g/mol. The molecule has 0 bridgehead atoms. The van der Waals surface area contributed by atoms with Crippen molar-refractivity contribution in [3.63, 3.8) is 0 Å². The highest BCUT2D eigenvalue weighted by Crippen LogP contribution is 2.14. The number of ether oxygens (including phenoxy) is 1. The second kappa shape index (κ2) is 10.6. The van der Waals surface area contributed by atoms with Crippen molar-refractivity contribution in [2.75, 3.05) is 13.1 Å². The maximum atomic E-state index is 12.2. The van der Waals surface area contributed by atoms with Gasteiger partial charge in [0.25, 0.3) is 5.91 Å². The zero-order chi connectivity index (χ0) is 15.6. The molecule has 0 heterocycles. The number of hydrogen-bond acceptors (Lipinski definition) is 3. The second-order valence-corrected chi connectivity index (χ2v) is 5.01. The average Bonchev–Trinajstić information content (AvgIpc) is 2.58. The van der Waals surface area contributed by atoms with Crippen LogP contribution in [0.25, 0.3) is 0 Å². The van der Waals surface area contributed by atoms with Crippen LogP contribution < -0.4 is 15.8 Å². The largest absolute Gasteiger partial charge is 0.489 e. The summed E-state index contributed by atoms with van der Waals surface area (Å²) in [6.07, 6.45) is 1.81. The summed E-state index contributed by atoms with van der Waals surface area (Å²) in [5, 5.41) is 2.92. The lowest BCUT2D eigenvalue weighted by atomic mass is 10.1. The molecule has 5 heteroatoms. The highest BCUT2D eigenvalue weighted by Gasteiger charge is 2.10. The number of hydrogen-bond donors (Lipinski definition) is 2. The molecule has 23 heavy (non-hydrogen) atoms. The van der Waals surface area contributed by atoms with Crippen LogP contribution in [0.15, 0.2) is 54.6 Å². The van der Waals surface area contributed by atoms with E-state index in [1.807, 2.05) is 54.6 Å². The number of carbonyl (C=O) groups is 1. The van der Waals surface area contributed by atoms with Gasteiger partial charge in [-0.1, -0.05) is 36.4 Å². The van der Waals surface area contributed by atoms with Crippen LogP contribution in [-0.2, 0) is 6.61 Å². The SMILES string of the molecule is Cl.NCCCCNC(=O)c1ccccc1COc1ccccc1. The molecule has 0 atom stereocenters. The maximum absolute atomic E-state index is 12.2. The molecule has 0 aliphatic heterocycles. The fourth-order valence-corrected chi connectivity index (χ4v) is 2.11. The third-order valence-electron chi connectivity index (χ3n) is 3.32. The number of amides is 1. The summed E-state index contributed by atoms with van der Waals surface area (Å²) in [4.78, 5) is 12.2. The summed E-state index contributed by atoms with van der Waals surface area (Å²) in [7, 11) is 0. The van der Waals surface area contributed by atoms with Gasteiger partial charge in [0.05, 0.1) is 0 Å². The van der Waals surface area contributed by atoms with Crippen molar-refractivity contribution in [3.05, 3.63) is 65.7 Å². The molecule has 4 nitrogen and oxygen atoms in total. The lowest BCUT2D eigenvalue weighted by Gasteiger charge is -2.11. The Morgan fingerprint density at radius 1 is 1.00 bits per heavy atom. The van der Waals surface area contributed by atoms with E-state index in [-0.39, 0.29) is 18.3 Å². The Labute approximate surface area is 143 Å². The van der Waals surface area contributed by atoms with E-state index in [1.54, 1.807) is 0 Å². The number of carbonyl (C=O) groups excluding carboxylic acids is 1. The predicted molar refractivity (Wildman–Crippen MR) is 95.1 cm³/mol. The first-order chi connectivity index (χ1) is 10.8. The van der Waals surface area contributed by atoms with Gasteiger partial charge in [-0.2, -0.15) is 0 Å². The van der Waals surface area contributed by atoms with Crippen LogP contribution in [0.1, 0.15) is 28.8 Å². The zero-order valence-corrected chi connectivity index (χ0v) is 13.9. The van der Waals surface area contributed by atoms with E-state index in [2.05, 4.69) is 5.32 Å². The van der Waals surface area contributed by atoms with Crippen LogP contribution in [0.3, 0.4) is 0 Å². The van der Waals surface area contributed by atoms with Crippen LogP contribution in [0.4, 0.5) is 0 Å². The first-order valence-corrected chi connectivity index (χ1v) is 7.55.